The van der Waals surface area contributed by atoms with Gasteiger partial charge in [-0.2, -0.15) is 4.72 Å². The van der Waals surface area contributed by atoms with Gasteiger partial charge in [0, 0.05) is 0 Å². The van der Waals surface area contributed by atoms with E-state index in [-0.39, 0.29) is 24.0 Å². The number of alkyl carbamates (subject to hydrolysis) is 2. The summed E-state index contributed by atoms with van der Waals surface area (Å²) in [6, 6.07) is 6.63. The van der Waals surface area contributed by atoms with Crippen molar-refractivity contribution in [1.29, 1.82) is 0 Å². The van der Waals surface area contributed by atoms with Crippen molar-refractivity contribution in [2.24, 2.45) is 11.1 Å². The van der Waals surface area contributed by atoms with Gasteiger partial charge in [0.05, 0.1) is 18.1 Å². The first kappa shape index (κ1) is 24.6. The van der Waals surface area contributed by atoms with Crippen LogP contribution in [0.25, 0.3) is 0 Å². The highest BCUT2D eigenvalue weighted by atomic mass is 32.2. The second-order valence-corrected chi connectivity index (χ2v) is 9.49. The van der Waals surface area contributed by atoms with E-state index in [2.05, 4.69) is 4.74 Å². The van der Waals surface area contributed by atoms with Gasteiger partial charge in [0.2, 0.25) is 10.0 Å². The van der Waals surface area contributed by atoms with Gasteiger partial charge < -0.3 is 9.47 Å². The molecular weight excluding hydrogens is 428 g/mol. The summed E-state index contributed by atoms with van der Waals surface area (Å²) in [5, 5.41) is 5.48. The standard InChI is InChI=1S/C15H24N4O8S2/c1-4-26-13(20)17-15(29(16,24)25,18-14(21)27-10-11(2)3)19-28(22,23)12-8-6-5-7-9-12/h5-9,11,19H,4,10H2,1-3H3,(H,17,20)(H,18,21)(H2,16,24,25). The molecule has 1 rings (SSSR count). The Kier molecular flexibility index (Phi) is 8.37. The topological polar surface area (TPSA) is 183 Å². The first-order chi connectivity index (χ1) is 13.3. The summed E-state index contributed by atoms with van der Waals surface area (Å²) in [5.74, 6) is -0.108. The van der Waals surface area contributed by atoms with Crippen molar-refractivity contribution in [3.05, 3.63) is 30.3 Å². The highest BCUT2D eigenvalue weighted by Crippen LogP contribution is 2.14. The van der Waals surface area contributed by atoms with Crippen LogP contribution < -0.4 is 20.5 Å². The number of hydrogen-bond donors (Lipinski definition) is 4. The van der Waals surface area contributed by atoms with Gasteiger partial charge in [-0.05, 0) is 25.0 Å². The average Bonchev–Trinajstić information content (AvgIpc) is 2.59. The van der Waals surface area contributed by atoms with Crippen LogP contribution in [-0.2, 0) is 29.5 Å². The second-order valence-electron chi connectivity index (χ2n) is 6.11. The molecule has 5 N–H and O–H groups in total. The maximum absolute atomic E-state index is 12.7. The Morgan fingerprint density at radius 2 is 1.55 bits per heavy atom. The lowest BCUT2D eigenvalue weighted by Gasteiger charge is -2.32. The Morgan fingerprint density at radius 3 is 2.00 bits per heavy atom. The number of benzene rings is 1. The minimum atomic E-state index is -5.03. The number of carbonyl (C=O) groups excluding carboxylic acids is 2. The van der Waals surface area contributed by atoms with Crippen LogP contribution in [0, 0.1) is 5.92 Å². The molecule has 0 aliphatic carbocycles. The molecule has 0 bridgehead atoms. The third-order valence-corrected chi connectivity index (χ3v) is 5.89. The summed E-state index contributed by atoms with van der Waals surface area (Å²) in [7, 11) is -9.62. The van der Waals surface area contributed by atoms with Gasteiger partial charge >= 0.3 is 17.3 Å². The van der Waals surface area contributed by atoms with Crippen molar-refractivity contribution in [2.45, 2.75) is 30.8 Å². The summed E-state index contributed by atoms with van der Waals surface area (Å²) in [5.41, 5.74) is 0. The van der Waals surface area contributed by atoms with Gasteiger partial charge in [0.1, 0.15) is 0 Å². The van der Waals surface area contributed by atoms with Crippen LogP contribution in [0.1, 0.15) is 20.8 Å². The van der Waals surface area contributed by atoms with Gasteiger partial charge in [0.25, 0.3) is 10.0 Å². The molecular formula is C15H24N4O8S2. The van der Waals surface area contributed by atoms with Crippen LogP contribution in [0.3, 0.4) is 0 Å². The SMILES string of the molecule is CCOC(=O)NC(NC(=O)OCC(C)C)(NS(=O)(=O)c1ccccc1)S(N)(=O)=O. The van der Waals surface area contributed by atoms with E-state index in [0.29, 0.717) is 0 Å². The maximum atomic E-state index is 12.7. The first-order valence-corrected chi connectivity index (χ1v) is 11.4. The summed E-state index contributed by atoms with van der Waals surface area (Å²) in [4.78, 5) is 23.6. The van der Waals surface area contributed by atoms with Crippen molar-refractivity contribution in [2.75, 3.05) is 13.2 Å². The number of nitrogens with one attached hydrogen (secondary N) is 3. The predicted octanol–water partition coefficient (Wildman–Crippen LogP) is -0.00700. The Balaban J connectivity index is 3.40. The first-order valence-electron chi connectivity index (χ1n) is 8.34. The van der Waals surface area contributed by atoms with Crippen LogP contribution >= 0.6 is 0 Å². The Bertz CT molecular complexity index is 919. The van der Waals surface area contributed by atoms with E-state index in [1.54, 1.807) is 29.2 Å². The molecule has 0 radical (unpaired) electrons. The molecule has 14 heteroatoms. The van der Waals surface area contributed by atoms with Crippen LogP contribution in [0.2, 0.25) is 0 Å². The van der Waals surface area contributed by atoms with Gasteiger partial charge in [0.15, 0.2) is 0 Å². The van der Waals surface area contributed by atoms with E-state index in [0.717, 1.165) is 12.1 Å². The van der Waals surface area contributed by atoms with Gasteiger partial charge in [-0.15, -0.1) is 0 Å². The summed E-state index contributed by atoms with van der Waals surface area (Å²) < 4.78 is 61.0. The number of ether oxygens (including phenoxy) is 2. The van der Waals surface area contributed by atoms with Gasteiger partial charge in [-0.1, -0.05) is 32.0 Å². The zero-order chi connectivity index (χ0) is 22.3. The van der Waals surface area contributed by atoms with E-state index >= 15 is 0 Å². The Morgan fingerprint density at radius 1 is 1.03 bits per heavy atom. The molecule has 29 heavy (non-hydrogen) atoms. The number of amides is 2. The van der Waals surface area contributed by atoms with E-state index in [1.165, 1.54) is 25.1 Å². The van der Waals surface area contributed by atoms with E-state index in [4.69, 9.17) is 9.88 Å². The third kappa shape index (κ3) is 7.16. The average molecular weight is 453 g/mol. The molecule has 0 aliphatic rings. The molecule has 1 atom stereocenters. The Labute approximate surface area is 169 Å². The number of carbonyl (C=O) groups is 2. The third-order valence-electron chi connectivity index (χ3n) is 3.14. The molecule has 0 aromatic heterocycles. The molecule has 0 heterocycles. The molecule has 0 fully saturated rings. The maximum Gasteiger partial charge on any atom is 0.410 e. The number of hydrogen-bond acceptors (Lipinski definition) is 8. The molecule has 1 aromatic rings. The highest BCUT2D eigenvalue weighted by molar-refractivity contribution is 7.93. The fourth-order valence-corrected chi connectivity index (χ4v) is 4.22. The molecule has 12 nitrogen and oxygen atoms in total. The summed E-state index contributed by atoms with van der Waals surface area (Å²) in [6.45, 7) is 4.58. The molecule has 0 aliphatic heterocycles. The van der Waals surface area contributed by atoms with Gasteiger partial charge in [-0.25, -0.2) is 31.6 Å². The van der Waals surface area contributed by atoms with Crippen molar-refractivity contribution in [3.8, 4) is 0 Å². The highest BCUT2D eigenvalue weighted by Gasteiger charge is 2.49. The Hall–Kier alpha value is -2.42. The quantitative estimate of drug-likeness (QED) is 0.377. The number of primary sulfonamides is 1. The van der Waals surface area contributed by atoms with Crippen molar-refractivity contribution < 1.29 is 35.9 Å². The van der Waals surface area contributed by atoms with Crippen molar-refractivity contribution in [1.82, 2.24) is 15.4 Å². The zero-order valence-corrected chi connectivity index (χ0v) is 17.7. The van der Waals surface area contributed by atoms with E-state index in [9.17, 15) is 26.4 Å². The molecule has 1 unspecified atom stereocenters. The van der Waals surface area contributed by atoms with Crippen molar-refractivity contribution in [3.63, 3.8) is 0 Å². The lowest BCUT2D eigenvalue weighted by molar-refractivity contribution is 0.116. The molecule has 164 valence electrons. The summed E-state index contributed by atoms with van der Waals surface area (Å²) >= 11 is 0. The normalized spacial score (nSPS) is 14.0. The fraction of sp³-hybridized carbons (Fsp3) is 0.467. The van der Waals surface area contributed by atoms with Gasteiger partial charge in [-0.3, -0.25) is 10.6 Å². The molecule has 0 saturated carbocycles. The molecule has 0 saturated heterocycles. The number of rotatable bonds is 9. The van der Waals surface area contributed by atoms with Crippen LogP contribution in [0.15, 0.2) is 35.2 Å². The fourth-order valence-electron chi connectivity index (χ4n) is 1.86. The molecule has 1 aromatic carbocycles. The number of sulfonamides is 2. The van der Waals surface area contributed by atoms with E-state index in [1.807, 2.05) is 0 Å². The largest absolute Gasteiger partial charge is 0.450 e. The van der Waals surface area contributed by atoms with Crippen LogP contribution in [0.5, 0.6) is 0 Å². The predicted molar refractivity (Wildman–Crippen MR) is 102 cm³/mol. The molecule has 2 amide bonds. The van der Waals surface area contributed by atoms with Crippen LogP contribution in [0.4, 0.5) is 9.59 Å². The lowest BCUT2D eigenvalue weighted by Crippen LogP contribution is -2.75. The monoisotopic (exact) mass is 452 g/mol. The smallest absolute Gasteiger partial charge is 0.410 e. The van der Waals surface area contributed by atoms with E-state index < -0.39 is 37.4 Å². The molecule has 0 spiro atoms. The minimum Gasteiger partial charge on any atom is -0.450 e. The zero-order valence-electron chi connectivity index (χ0n) is 16.0. The van der Waals surface area contributed by atoms with Crippen molar-refractivity contribution >= 4 is 32.2 Å². The number of nitrogens with two attached hydrogens (primary N) is 1. The second kappa shape index (κ2) is 9.87. The summed E-state index contributed by atoms with van der Waals surface area (Å²) in [6.07, 6.45) is -2.71. The minimum absolute atomic E-state index is 0.108. The lowest BCUT2D eigenvalue weighted by atomic mass is 10.2. The van der Waals surface area contributed by atoms with Crippen LogP contribution in [-0.4, -0.2) is 47.4 Å².